The van der Waals surface area contributed by atoms with Crippen molar-refractivity contribution >= 4 is 26.6 Å². The van der Waals surface area contributed by atoms with Gasteiger partial charge in [-0.3, -0.25) is 4.79 Å². The van der Waals surface area contributed by atoms with Gasteiger partial charge in [0.1, 0.15) is 9.84 Å². The highest BCUT2D eigenvalue weighted by Gasteiger charge is 2.07. The summed E-state index contributed by atoms with van der Waals surface area (Å²) in [6.45, 7) is 0.356. The fourth-order valence-corrected chi connectivity index (χ4v) is 2.50. The zero-order chi connectivity index (χ0) is 13.9. The van der Waals surface area contributed by atoms with Gasteiger partial charge in [-0.15, -0.1) is 0 Å². The normalized spacial score (nSPS) is 11.6. The third-order valence-corrected chi connectivity index (χ3v) is 3.82. The number of fused-ring (bicyclic) bond motifs is 1. The maximum absolute atomic E-state index is 11.9. The van der Waals surface area contributed by atoms with Gasteiger partial charge in [-0.25, -0.2) is 8.42 Å². The standard InChI is InChI=1S/C13H16N2O3S/c1-19(17,18)8-2-6-15-13(16)11-4-3-10-5-7-14-12(10)9-11/h3-5,7,9,14H,2,6,8H2,1H3,(H,15,16). The first-order valence-corrected chi connectivity index (χ1v) is 8.05. The SMILES string of the molecule is CS(=O)(=O)CCCNC(=O)c1ccc2cc[nH]c2c1. The van der Waals surface area contributed by atoms with E-state index in [-0.39, 0.29) is 11.7 Å². The lowest BCUT2D eigenvalue weighted by molar-refractivity contribution is 0.0954. The number of aromatic nitrogens is 1. The molecule has 1 aromatic heterocycles. The van der Waals surface area contributed by atoms with E-state index >= 15 is 0 Å². The van der Waals surface area contributed by atoms with Crippen molar-refractivity contribution in [3.05, 3.63) is 36.0 Å². The van der Waals surface area contributed by atoms with Gasteiger partial charge in [0.15, 0.2) is 0 Å². The van der Waals surface area contributed by atoms with E-state index in [4.69, 9.17) is 0 Å². The summed E-state index contributed by atoms with van der Waals surface area (Å²) in [6.07, 6.45) is 3.43. The molecule has 2 aromatic rings. The van der Waals surface area contributed by atoms with Crippen molar-refractivity contribution in [3.63, 3.8) is 0 Å². The van der Waals surface area contributed by atoms with Gasteiger partial charge >= 0.3 is 0 Å². The number of nitrogens with one attached hydrogen (secondary N) is 2. The highest BCUT2D eigenvalue weighted by Crippen LogP contribution is 2.13. The summed E-state index contributed by atoms with van der Waals surface area (Å²) in [7, 11) is -2.96. The lowest BCUT2D eigenvalue weighted by atomic mass is 10.1. The Bertz CT molecular complexity index is 689. The van der Waals surface area contributed by atoms with Crippen LogP contribution in [0.5, 0.6) is 0 Å². The van der Waals surface area contributed by atoms with E-state index in [1.165, 1.54) is 6.26 Å². The van der Waals surface area contributed by atoms with E-state index < -0.39 is 9.84 Å². The minimum Gasteiger partial charge on any atom is -0.361 e. The summed E-state index contributed by atoms with van der Waals surface area (Å²) >= 11 is 0. The monoisotopic (exact) mass is 280 g/mol. The number of sulfone groups is 1. The number of aromatic amines is 1. The fraction of sp³-hybridized carbons (Fsp3) is 0.308. The van der Waals surface area contributed by atoms with Crippen LogP contribution in [-0.4, -0.2) is 37.9 Å². The highest BCUT2D eigenvalue weighted by molar-refractivity contribution is 7.90. The van der Waals surface area contributed by atoms with Crippen LogP contribution in [0.2, 0.25) is 0 Å². The Hall–Kier alpha value is -1.82. The molecule has 0 bridgehead atoms. The molecule has 2 N–H and O–H groups in total. The van der Waals surface area contributed by atoms with Crippen molar-refractivity contribution in [2.24, 2.45) is 0 Å². The van der Waals surface area contributed by atoms with Crippen LogP contribution < -0.4 is 5.32 Å². The van der Waals surface area contributed by atoms with Gasteiger partial charge in [0.2, 0.25) is 0 Å². The largest absolute Gasteiger partial charge is 0.361 e. The summed E-state index contributed by atoms with van der Waals surface area (Å²) in [5, 5.41) is 3.76. The molecule has 0 atom stereocenters. The highest BCUT2D eigenvalue weighted by atomic mass is 32.2. The van der Waals surface area contributed by atoms with Gasteiger partial charge in [-0.2, -0.15) is 0 Å². The molecule has 0 saturated carbocycles. The summed E-state index contributed by atoms with van der Waals surface area (Å²) in [4.78, 5) is 14.9. The van der Waals surface area contributed by atoms with Crippen LogP contribution in [0.4, 0.5) is 0 Å². The number of amides is 1. The van der Waals surface area contributed by atoms with E-state index in [0.29, 0.717) is 18.5 Å². The van der Waals surface area contributed by atoms with Crippen LogP contribution in [0.3, 0.4) is 0 Å². The Labute approximate surface area is 111 Å². The summed E-state index contributed by atoms with van der Waals surface area (Å²) < 4.78 is 21.9. The minimum absolute atomic E-state index is 0.0863. The molecule has 102 valence electrons. The van der Waals surface area contributed by atoms with Gasteiger partial charge in [-0.05, 0) is 30.0 Å². The van der Waals surface area contributed by atoms with Crippen LogP contribution in [0.15, 0.2) is 30.5 Å². The molecule has 2 rings (SSSR count). The van der Waals surface area contributed by atoms with Gasteiger partial charge in [-0.1, -0.05) is 6.07 Å². The quantitative estimate of drug-likeness (QED) is 0.811. The Morgan fingerprint density at radius 2 is 2.11 bits per heavy atom. The Kier molecular flexibility index (Phi) is 3.90. The molecule has 0 aliphatic heterocycles. The Morgan fingerprint density at radius 1 is 1.32 bits per heavy atom. The molecule has 6 heteroatoms. The van der Waals surface area contributed by atoms with Gasteiger partial charge < -0.3 is 10.3 Å². The number of rotatable bonds is 5. The number of H-pyrrole nitrogens is 1. The Balaban J connectivity index is 1.92. The molecular weight excluding hydrogens is 264 g/mol. The lowest BCUT2D eigenvalue weighted by Gasteiger charge is -2.05. The van der Waals surface area contributed by atoms with E-state index in [1.54, 1.807) is 12.1 Å². The topological polar surface area (TPSA) is 79.0 Å². The number of benzene rings is 1. The van der Waals surface area contributed by atoms with Crippen LogP contribution in [-0.2, 0) is 9.84 Å². The lowest BCUT2D eigenvalue weighted by Crippen LogP contribution is -2.25. The molecule has 1 aromatic carbocycles. The summed E-state index contributed by atoms with van der Waals surface area (Å²) in [6, 6.07) is 7.34. The number of hydrogen-bond acceptors (Lipinski definition) is 3. The van der Waals surface area contributed by atoms with E-state index in [0.717, 1.165) is 10.9 Å². The molecule has 1 amide bonds. The molecule has 0 saturated heterocycles. The van der Waals surface area contributed by atoms with Crippen molar-refractivity contribution in [1.29, 1.82) is 0 Å². The van der Waals surface area contributed by atoms with Crippen molar-refractivity contribution < 1.29 is 13.2 Å². The summed E-state index contributed by atoms with van der Waals surface area (Å²) in [5.41, 5.74) is 1.47. The molecule has 0 radical (unpaired) electrons. The number of carbonyl (C=O) groups is 1. The second-order valence-electron chi connectivity index (χ2n) is 4.52. The second-order valence-corrected chi connectivity index (χ2v) is 6.78. The molecule has 0 aliphatic rings. The van der Waals surface area contributed by atoms with Gasteiger partial charge in [0, 0.05) is 30.1 Å². The van der Waals surface area contributed by atoms with E-state index in [1.807, 2.05) is 18.3 Å². The first-order chi connectivity index (χ1) is 8.96. The second kappa shape index (κ2) is 5.44. The average molecular weight is 280 g/mol. The zero-order valence-corrected chi connectivity index (χ0v) is 11.5. The third-order valence-electron chi connectivity index (χ3n) is 2.79. The van der Waals surface area contributed by atoms with Crippen LogP contribution >= 0.6 is 0 Å². The average Bonchev–Trinajstić information content (AvgIpc) is 2.80. The van der Waals surface area contributed by atoms with Crippen molar-refractivity contribution in [2.45, 2.75) is 6.42 Å². The fourth-order valence-electron chi connectivity index (χ4n) is 1.83. The molecule has 1 heterocycles. The predicted molar refractivity (Wildman–Crippen MR) is 75.0 cm³/mol. The minimum atomic E-state index is -2.96. The molecule has 19 heavy (non-hydrogen) atoms. The van der Waals surface area contributed by atoms with Gasteiger partial charge in [0.05, 0.1) is 5.75 Å². The van der Waals surface area contributed by atoms with E-state index in [2.05, 4.69) is 10.3 Å². The molecule has 5 nitrogen and oxygen atoms in total. The van der Waals surface area contributed by atoms with Crippen LogP contribution in [0.25, 0.3) is 10.9 Å². The number of carbonyl (C=O) groups excluding carboxylic acids is 1. The molecule has 0 unspecified atom stereocenters. The predicted octanol–water partition coefficient (Wildman–Crippen LogP) is 1.33. The molecule has 0 aliphatic carbocycles. The third kappa shape index (κ3) is 3.82. The molecular formula is C13H16N2O3S. The summed E-state index contributed by atoms with van der Waals surface area (Å²) in [5.74, 6) is -0.104. The van der Waals surface area contributed by atoms with Gasteiger partial charge in [0.25, 0.3) is 5.91 Å². The first kappa shape index (κ1) is 13.6. The Morgan fingerprint density at radius 3 is 2.84 bits per heavy atom. The zero-order valence-electron chi connectivity index (χ0n) is 10.6. The molecule has 0 spiro atoms. The maximum atomic E-state index is 11.9. The smallest absolute Gasteiger partial charge is 0.251 e. The van der Waals surface area contributed by atoms with Crippen LogP contribution in [0, 0.1) is 0 Å². The first-order valence-electron chi connectivity index (χ1n) is 5.99. The number of hydrogen-bond donors (Lipinski definition) is 2. The van der Waals surface area contributed by atoms with E-state index in [9.17, 15) is 13.2 Å². The maximum Gasteiger partial charge on any atom is 0.251 e. The van der Waals surface area contributed by atoms with Crippen molar-refractivity contribution in [1.82, 2.24) is 10.3 Å². The van der Waals surface area contributed by atoms with Crippen molar-refractivity contribution in [2.75, 3.05) is 18.6 Å². The van der Waals surface area contributed by atoms with Crippen molar-refractivity contribution in [3.8, 4) is 0 Å². The van der Waals surface area contributed by atoms with Crippen LogP contribution in [0.1, 0.15) is 16.8 Å². The molecule has 0 fully saturated rings.